The number of aliphatic hydroxyl groups excluding tert-OH is 1. The number of nitrogens with zero attached hydrogens (tertiary/aromatic N) is 3. The highest BCUT2D eigenvalue weighted by Gasteiger charge is 2.27. The molecule has 0 radical (unpaired) electrons. The van der Waals surface area contributed by atoms with Crippen LogP contribution in [0.5, 0.6) is 11.5 Å². The number of hydrogen-bond donors (Lipinski definition) is 4. The summed E-state index contributed by atoms with van der Waals surface area (Å²) in [6.45, 7) is 20.2. The normalized spacial score (nSPS) is 17.4. The predicted molar refractivity (Wildman–Crippen MR) is 180 cm³/mol. The molecule has 2 heterocycles. The quantitative estimate of drug-likeness (QED) is 0.210. The number of para-hydroxylation sites is 1. The van der Waals surface area contributed by atoms with Crippen LogP contribution < -0.4 is 5.32 Å². The molecule has 0 atom stereocenters. The van der Waals surface area contributed by atoms with Crippen LogP contribution in [0.1, 0.15) is 44.7 Å². The van der Waals surface area contributed by atoms with E-state index in [1.54, 1.807) is 37.3 Å². The molecule has 2 saturated heterocycles. The van der Waals surface area contributed by atoms with E-state index in [1.807, 2.05) is 50.4 Å². The lowest BCUT2D eigenvalue weighted by molar-refractivity contribution is 0.0678. The molecule has 0 aliphatic carbocycles. The first-order valence-corrected chi connectivity index (χ1v) is 15.4. The van der Waals surface area contributed by atoms with Gasteiger partial charge in [0.25, 0.3) is 0 Å². The number of phenols is 2. The van der Waals surface area contributed by atoms with Crippen molar-refractivity contribution in [1.82, 2.24) is 20.0 Å². The summed E-state index contributed by atoms with van der Waals surface area (Å²) in [5.41, 5.74) is 4.36. The Hall–Kier alpha value is -3.52. The summed E-state index contributed by atoms with van der Waals surface area (Å²) < 4.78 is 0. The molecule has 0 unspecified atom stereocenters. The second kappa shape index (κ2) is 19.6. The van der Waals surface area contributed by atoms with Crippen LogP contribution in [0.4, 0.5) is 0 Å². The monoisotopic (exact) mass is 590 g/mol. The summed E-state index contributed by atoms with van der Waals surface area (Å²) in [7, 11) is 1.93. The van der Waals surface area contributed by atoms with E-state index in [4.69, 9.17) is 5.11 Å². The number of aryl methyl sites for hydroxylation is 1. The van der Waals surface area contributed by atoms with E-state index in [0.717, 1.165) is 63.5 Å². The minimum absolute atomic E-state index is 0.292. The lowest BCUT2D eigenvalue weighted by atomic mass is 10.0. The van der Waals surface area contributed by atoms with Crippen molar-refractivity contribution in [3.05, 3.63) is 108 Å². The fraction of sp³-hybridized carbons (Fsp3) is 0.444. The highest BCUT2D eigenvalue weighted by Crippen LogP contribution is 2.22. The zero-order valence-corrected chi connectivity index (χ0v) is 27.0. The fourth-order valence-electron chi connectivity index (χ4n) is 5.04. The third kappa shape index (κ3) is 13.5. The maximum absolute atomic E-state index is 9.45. The number of rotatable bonds is 8. The first kappa shape index (κ1) is 35.7. The maximum Gasteiger partial charge on any atom is 0.118 e. The van der Waals surface area contributed by atoms with Gasteiger partial charge in [0.1, 0.15) is 11.5 Å². The van der Waals surface area contributed by atoms with Crippen LogP contribution in [0.25, 0.3) is 0 Å². The van der Waals surface area contributed by atoms with Gasteiger partial charge in [-0.2, -0.15) is 0 Å². The van der Waals surface area contributed by atoms with E-state index in [9.17, 15) is 10.2 Å². The van der Waals surface area contributed by atoms with E-state index >= 15 is 0 Å². The minimum Gasteiger partial charge on any atom is -0.513 e. The Morgan fingerprint density at radius 3 is 2.02 bits per heavy atom. The van der Waals surface area contributed by atoms with Gasteiger partial charge in [-0.3, -0.25) is 9.80 Å². The molecule has 4 rings (SSSR count). The molecule has 43 heavy (non-hydrogen) atoms. The Balaban J connectivity index is 0.000000448. The number of hydrogen-bond acceptors (Lipinski definition) is 7. The molecule has 0 saturated carbocycles. The van der Waals surface area contributed by atoms with E-state index in [1.165, 1.54) is 24.1 Å². The van der Waals surface area contributed by atoms with Crippen LogP contribution >= 0.6 is 0 Å². The van der Waals surface area contributed by atoms with Crippen molar-refractivity contribution in [3.63, 3.8) is 0 Å². The lowest BCUT2D eigenvalue weighted by Crippen LogP contribution is -2.52. The fourth-order valence-corrected chi connectivity index (χ4v) is 5.04. The highest BCUT2D eigenvalue weighted by molar-refractivity contribution is 5.34. The standard InChI is InChI=1S/C26H37N3O2.C7H8O.C3H9N/c1-4-23(19-22(3)30)6-5-21(2)28-15-17-29(18-16-28)25-11-13-27(14-12-25)20-24-7-9-26(31)10-8-24;1-6-4-2-3-5-7(6)8;1-3-4-2/h4-10,19,25,30-31H,1,11-18,20H2,2-3H3;2-5,8H,1H3;4H,3H2,1-2H3/b21-5+,22-19+,23-6-;;. The second-order valence-corrected chi connectivity index (χ2v) is 11.2. The van der Waals surface area contributed by atoms with Crippen molar-refractivity contribution in [3.8, 4) is 11.5 Å². The number of aliphatic hydroxyl groups is 1. The molecule has 7 nitrogen and oxygen atoms in total. The average Bonchev–Trinajstić information content (AvgIpc) is 3.02. The number of aromatic hydroxyl groups is 2. The number of piperazine rings is 1. The van der Waals surface area contributed by atoms with Crippen molar-refractivity contribution < 1.29 is 15.3 Å². The van der Waals surface area contributed by atoms with Crippen molar-refractivity contribution in [2.24, 2.45) is 0 Å². The van der Waals surface area contributed by atoms with Gasteiger partial charge in [-0.05, 0) is 107 Å². The zero-order valence-electron chi connectivity index (χ0n) is 27.0. The van der Waals surface area contributed by atoms with Gasteiger partial charge in [0.2, 0.25) is 0 Å². The van der Waals surface area contributed by atoms with Crippen LogP contribution in [0.15, 0.2) is 96.4 Å². The van der Waals surface area contributed by atoms with Gasteiger partial charge in [-0.25, -0.2) is 0 Å². The number of phenolic OH excluding ortho intramolecular Hbond substituents is 2. The second-order valence-electron chi connectivity index (χ2n) is 11.2. The predicted octanol–water partition coefficient (Wildman–Crippen LogP) is 6.38. The van der Waals surface area contributed by atoms with Gasteiger partial charge in [-0.1, -0.05) is 56.0 Å². The highest BCUT2D eigenvalue weighted by atomic mass is 16.3. The molecule has 2 aromatic carbocycles. The van der Waals surface area contributed by atoms with Gasteiger partial charge in [0, 0.05) is 44.5 Å². The molecule has 0 aromatic heterocycles. The van der Waals surface area contributed by atoms with Gasteiger partial charge in [-0.15, -0.1) is 0 Å². The van der Waals surface area contributed by atoms with E-state index in [0.29, 0.717) is 23.3 Å². The molecular weight excluding hydrogens is 536 g/mol. The molecule has 0 bridgehead atoms. The third-order valence-electron chi connectivity index (χ3n) is 7.83. The van der Waals surface area contributed by atoms with E-state index in [-0.39, 0.29) is 0 Å². The summed E-state index contributed by atoms with van der Waals surface area (Å²) in [6.07, 6.45) is 10.1. The minimum atomic E-state index is 0.292. The molecule has 0 amide bonds. The summed E-state index contributed by atoms with van der Waals surface area (Å²) in [5, 5.41) is 30.7. The molecule has 2 aliphatic rings. The Morgan fingerprint density at radius 2 is 1.53 bits per heavy atom. The molecule has 4 N–H and O–H groups in total. The average molecular weight is 591 g/mol. The van der Waals surface area contributed by atoms with E-state index < -0.39 is 0 Å². The molecular formula is C36H54N4O3. The van der Waals surface area contributed by atoms with Gasteiger partial charge >= 0.3 is 0 Å². The molecule has 236 valence electrons. The smallest absolute Gasteiger partial charge is 0.118 e. The first-order valence-electron chi connectivity index (χ1n) is 15.4. The van der Waals surface area contributed by atoms with Gasteiger partial charge in [0.15, 0.2) is 0 Å². The van der Waals surface area contributed by atoms with Crippen LogP contribution in [0.2, 0.25) is 0 Å². The summed E-state index contributed by atoms with van der Waals surface area (Å²) in [5.74, 6) is 0.994. The summed E-state index contributed by atoms with van der Waals surface area (Å²) >= 11 is 0. The Bertz CT molecular complexity index is 1150. The van der Waals surface area contributed by atoms with Crippen LogP contribution in [-0.4, -0.2) is 88.9 Å². The van der Waals surface area contributed by atoms with Gasteiger partial charge < -0.3 is 25.5 Å². The molecule has 0 spiro atoms. The van der Waals surface area contributed by atoms with Crippen molar-refractivity contribution in [1.29, 1.82) is 0 Å². The summed E-state index contributed by atoms with van der Waals surface area (Å²) in [6, 6.07) is 15.5. The molecule has 7 heteroatoms. The number of likely N-dealkylation sites (tertiary alicyclic amines) is 1. The van der Waals surface area contributed by atoms with Crippen molar-refractivity contribution in [2.45, 2.75) is 53.1 Å². The number of allylic oxidation sites excluding steroid dienone is 7. The van der Waals surface area contributed by atoms with E-state index in [2.05, 4.69) is 46.5 Å². The number of nitrogens with one attached hydrogen (secondary N) is 1. The number of benzene rings is 2. The lowest BCUT2D eigenvalue weighted by Gasteiger charge is -2.43. The largest absolute Gasteiger partial charge is 0.513 e. The first-order chi connectivity index (χ1) is 20.7. The molecule has 2 aromatic rings. The maximum atomic E-state index is 9.45. The number of piperidine rings is 1. The topological polar surface area (TPSA) is 82.4 Å². The van der Waals surface area contributed by atoms with Crippen molar-refractivity contribution in [2.75, 3.05) is 52.9 Å². The Morgan fingerprint density at radius 1 is 0.930 bits per heavy atom. The van der Waals surface area contributed by atoms with Crippen LogP contribution in [0, 0.1) is 6.92 Å². The van der Waals surface area contributed by atoms with Crippen LogP contribution in [0.3, 0.4) is 0 Å². The Kier molecular flexibility index (Phi) is 16.3. The summed E-state index contributed by atoms with van der Waals surface area (Å²) in [4.78, 5) is 7.64. The van der Waals surface area contributed by atoms with Crippen molar-refractivity contribution >= 4 is 0 Å². The SMILES string of the molecule is C=CC(=C/C=C(\C)N1CCN(C2CCN(Cc3ccc(O)cc3)CC2)CC1)/C=C(\C)O.CCNC.Cc1ccccc1O. The Labute approximate surface area is 260 Å². The van der Waals surface area contributed by atoms with Gasteiger partial charge in [0.05, 0.1) is 5.76 Å². The van der Waals surface area contributed by atoms with Crippen LogP contribution in [-0.2, 0) is 6.54 Å². The third-order valence-corrected chi connectivity index (χ3v) is 7.83. The zero-order chi connectivity index (χ0) is 31.6. The molecule has 2 aliphatic heterocycles. The molecule has 2 fully saturated rings.